The van der Waals surface area contributed by atoms with Crippen molar-refractivity contribution in [2.75, 3.05) is 43.9 Å². The Morgan fingerprint density at radius 2 is 1.73 bits per heavy atom. The summed E-state index contributed by atoms with van der Waals surface area (Å²) in [4.78, 5) is 9.10. The molecule has 8 nitrogen and oxygen atoms in total. The highest BCUT2D eigenvalue weighted by Crippen LogP contribution is 2.30. The lowest BCUT2D eigenvalue weighted by Gasteiger charge is -2.41. The molecule has 2 heterocycles. The van der Waals surface area contributed by atoms with Crippen molar-refractivity contribution in [1.29, 1.82) is 0 Å². The lowest BCUT2D eigenvalue weighted by atomic mass is 9.85. The van der Waals surface area contributed by atoms with Gasteiger partial charge in [-0.05, 0) is 69.7 Å². The van der Waals surface area contributed by atoms with Crippen molar-refractivity contribution in [3.63, 3.8) is 0 Å². The average Bonchev–Trinajstić information content (AvgIpc) is 3.29. The van der Waals surface area contributed by atoms with Crippen LogP contribution >= 0.6 is 0 Å². The van der Waals surface area contributed by atoms with E-state index >= 15 is 0 Å². The Hall–Kier alpha value is -2.20. The molecule has 0 N–H and O–H groups in total. The first-order valence-electron chi connectivity index (χ1n) is 11.5. The van der Waals surface area contributed by atoms with Gasteiger partial charge in [-0.15, -0.1) is 0 Å². The van der Waals surface area contributed by atoms with Gasteiger partial charge in [0, 0.05) is 38.5 Å². The summed E-state index contributed by atoms with van der Waals surface area (Å²) in [5.41, 5.74) is -1.61. The third-order valence-electron chi connectivity index (χ3n) is 6.60. The van der Waals surface area contributed by atoms with E-state index in [0.29, 0.717) is 35.2 Å². The number of piperazine rings is 1. The highest BCUT2D eigenvalue weighted by molar-refractivity contribution is 7.90. The van der Waals surface area contributed by atoms with Crippen LogP contribution < -0.4 is 9.64 Å². The number of sulfone groups is 1. The van der Waals surface area contributed by atoms with Gasteiger partial charge in [-0.2, -0.15) is 4.98 Å². The fourth-order valence-electron chi connectivity index (χ4n) is 4.54. The summed E-state index contributed by atoms with van der Waals surface area (Å²) in [6, 6.07) is 7.61. The third kappa shape index (κ3) is 6.03. The number of nitrogens with zero attached hydrogens (tertiary/aromatic N) is 4. The molecule has 4 rings (SSSR count). The summed E-state index contributed by atoms with van der Waals surface area (Å²) >= 11 is 0. The van der Waals surface area contributed by atoms with Gasteiger partial charge in [0.1, 0.15) is 5.75 Å². The zero-order valence-corrected chi connectivity index (χ0v) is 20.4. The number of rotatable bonds is 7. The van der Waals surface area contributed by atoms with Gasteiger partial charge in [-0.3, -0.25) is 4.90 Å². The lowest BCUT2D eigenvalue weighted by molar-refractivity contribution is 0.110. The van der Waals surface area contributed by atoms with Crippen LogP contribution in [0, 0.1) is 5.92 Å². The molecule has 2 fully saturated rings. The van der Waals surface area contributed by atoms with E-state index in [9.17, 15) is 12.8 Å². The maximum Gasteiger partial charge on any atom is 0.324 e. The number of alkyl halides is 1. The van der Waals surface area contributed by atoms with Crippen molar-refractivity contribution in [3.8, 4) is 5.75 Å². The predicted molar refractivity (Wildman–Crippen MR) is 123 cm³/mol. The minimum atomic E-state index is -3.19. The summed E-state index contributed by atoms with van der Waals surface area (Å²) in [6.07, 6.45) is 5.72. The molecule has 1 aliphatic carbocycles. The first kappa shape index (κ1) is 23.9. The van der Waals surface area contributed by atoms with Crippen molar-refractivity contribution >= 4 is 15.9 Å². The van der Waals surface area contributed by atoms with E-state index < -0.39 is 15.5 Å². The number of halogens is 1. The standard InChI is InChI=1S/C23H33FN4O4S/c1-23(2,24)21-25-22(32-26-21)28-14-12-27(13-15-28)18-6-4-17(5-7-18)16-31-19-8-10-20(11-9-19)33(3,29)30/h8-11,17-18H,4-7,12-16H2,1-3H3. The summed E-state index contributed by atoms with van der Waals surface area (Å²) < 4.78 is 48.3. The van der Waals surface area contributed by atoms with Gasteiger partial charge in [-0.25, -0.2) is 12.8 Å². The smallest absolute Gasteiger partial charge is 0.324 e. The van der Waals surface area contributed by atoms with E-state index in [-0.39, 0.29) is 5.82 Å². The van der Waals surface area contributed by atoms with E-state index in [2.05, 4.69) is 15.0 Å². The highest BCUT2D eigenvalue weighted by atomic mass is 32.2. The molecule has 0 unspecified atom stereocenters. The van der Waals surface area contributed by atoms with Crippen LogP contribution in [-0.2, 0) is 15.5 Å². The van der Waals surface area contributed by atoms with Crippen molar-refractivity contribution in [2.45, 2.75) is 56.1 Å². The Labute approximate surface area is 195 Å². The second-order valence-corrected chi connectivity index (χ2v) is 11.6. The zero-order valence-electron chi connectivity index (χ0n) is 19.5. The molecule has 2 aromatic rings. The molecule has 0 radical (unpaired) electrons. The van der Waals surface area contributed by atoms with Gasteiger partial charge in [0.15, 0.2) is 15.5 Å². The molecule has 33 heavy (non-hydrogen) atoms. The Kier molecular flexibility index (Phi) is 6.95. The molecule has 1 aromatic heterocycles. The second-order valence-electron chi connectivity index (χ2n) is 9.63. The molecular weight excluding hydrogens is 447 g/mol. The van der Waals surface area contributed by atoms with Gasteiger partial charge < -0.3 is 14.2 Å². The van der Waals surface area contributed by atoms with Crippen molar-refractivity contribution < 1.29 is 22.1 Å². The molecule has 2 aliphatic rings. The van der Waals surface area contributed by atoms with Crippen LogP contribution in [0.1, 0.15) is 45.4 Å². The predicted octanol–water partition coefficient (Wildman–Crippen LogP) is 3.44. The molecule has 0 spiro atoms. The molecule has 1 aromatic carbocycles. The summed E-state index contributed by atoms with van der Waals surface area (Å²) in [6.45, 7) is 6.95. The molecule has 0 bridgehead atoms. The fraction of sp³-hybridized carbons (Fsp3) is 0.652. The normalized spacial score (nSPS) is 23.0. The summed E-state index contributed by atoms with van der Waals surface area (Å²) in [7, 11) is -3.19. The van der Waals surface area contributed by atoms with E-state index in [1.54, 1.807) is 24.3 Å². The molecule has 1 saturated heterocycles. The van der Waals surface area contributed by atoms with Crippen LogP contribution in [-0.4, -0.2) is 68.5 Å². The molecule has 0 amide bonds. The summed E-state index contributed by atoms with van der Waals surface area (Å²) in [5.74, 6) is 1.31. The second kappa shape index (κ2) is 9.58. The van der Waals surface area contributed by atoms with Gasteiger partial charge in [0.2, 0.25) is 5.82 Å². The Bertz CT molecular complexity index is 1020. The van der Waals surface area contributed by atoms with Crippen molar-refractivity contribution in [1.82, 2.24) is 15.0 Å². The first-order valence-corrected chi connectivity index (χ1v) is 13.4. The number of hydrogen-bond donors (Lipinski definition) is 0. The van der Waals surface area contributed by atoms with E-state index in [1.165, 1.54) is 20.1 Å². The zero-order chi connectivity index (χ0) is 23.6. The van der Waals surface area contributed by atoms with Crippen LogP contribution in [0.5, 0.6) is 5.75 Å². The lowest BCUT2D eigenvalue weighted by Crippen LogP contribution is -2.51. The van der Waals surface area contributed by atoms with E-state index in [0.717, 1.165) is 51.9 Å². The Morgan fingerprint density at radius 3 is 2.27 bits per heavy atom. The average molecular weight is 481 g/mol. The van der Waals surface area contributed by atoms with Crippen LogP contribution in [0.3, 0.4) is 0 Å². The van der Waals surface area contributed by atoms with Crippen molar-refractivity contribution in [2.24, 2.45) is 5.92 Å². The van der Waals surface area contributed by atoms with Crippen LogP contribution in [0.15, 0.2) is 33.7 Å². The largest absolute Gasteiger partial charge is 0.493 e. The minimum absolute atomic E-state index is 0.0896. The number of ether oxygens (including phenoxy) is 1. The van der Waals surface area contributed by atoms with Gasteiger partial charge in [0.25, 0.3) is 0 Å². The molecule has 1 aliphatic heterocycles. The Balaban J connectivity index is 1.19. The monoisotopic (exact) mass is 480 g/mol. The topological polar surface area (TPSA) is 88.8 Å². The molecule has 0 atom stereocenters. The third-order valence-corrected chi connectivity index (χ3v) is 7.73. The molecule has 10 heteroatoms. The molecule has 182 valence electrons. The first-order chi connectivity index (χ1) is 15.6. The van der Waals surface area contributed by atoms with Crippen LogP contribution in [0.4, 0.5) is 10.4 Å². The quantitative estimate of drug-likeness (QED) is 0.596. The maximum absolute atomic E-state index is 14.0. The number of hydrogen-bond acceptors (Lipinski definition) is 8. The van der Waals surface area contributed by atoms with Crippen molar-refractivity contribution in [3.05, 3.63) is 30.1 Å². The molecule has 1 saturated carbocycles. The SMILES string of the molecule is CC(C)(F)c1noc(N2CCN(C3CCC(COc4ccc(S(C)(=O)=O)cc4)CC3)CC2)n1. The number of anilines is 1. The van der Waals surface area contributed by atoms with Gasteiger partial charge in [-0.1, -0.05) is 5.16 Å². The number of aromatic nitrogens is 2. The molecular formula is C23H33FN4O4S. The summed E-state index contributed by atoms with van der Waals surface area (Å²) in [5, 5.41) is 3.78. The fourth-order valence-corrected chi connectivity index (χ4v) is 5.17. The van der Waals surface area contributed by atoms with Crippen LogP contribution in [0.2, 0.25) is 0 Å². The van der Waals surface area contributed by atoms with Crippen LogP contribution in [0.25, 0.3) is 0 Å². The van der Waals surface area contributed by atoms with E-state index in [1.807, 2.05) is 4.90 Å². The van der Waals surface area contributed by atoms with Gasteiger partial charge in [0.05, 0.1) is 11.5 Å². The number of benzene rings is 1. The van der Waals surface area contributed by atoms with E-state index in [4.69, 9.17) is 9.26 Å². The Morgan fingerprint density at radius 1 is 1.09 bits per heavy atom. The maximum atomic E-state index is 14.0. The highest BCUT2D eigenvalue weighted by Gasteiger charge is 2.31. The van der Waals surface area contributed by atoms with Gasteiger partial charge >= 0.3 is 6.01 Å². The minimum Gasteiger partial charge on any atom is -0.493 e.